The molecule has 0 fully saturated rings. The third kappa shape index (κ3) is 5.24. The summed E-state index contributed by atoms with van der Waals surface area (Å²) in [6.07, 6.45) is 0. The van der Waals surface area contributed by atoms with Crippen LogP contribution in [0.4, 0.5) is 5.69 Å². The molecule has 21 heavy (non-hydrogen) atoms. The predicted molar refractivity (Wildman–Crippen MR) is 83.3 cm³/mol. The van der Waals surface area contributed by atoms with Gasteiger partial charge in [0.15, 0.2) is 0 Å². The van der Waals surface area contributed by atoms with Gasteiger partial charge in [0.05, 0.1) is 9.82 Å². The van der Waals surface area contributed by atoms with Crippen molar-refractivity contribution in [1.82, 2.24) is 4.72 Å². The number of benzene rings is 1. The molecule has 0 heterocycles. The van der Waals surface area contributed by atoms with Crippen molar-refractivity contribution in [3.8, 4) is 0 Å². The van der Waals surface area contributed by atoms with Crippen molar-refractivity contribution in [3.05, 3.63) is 33.4 Å². The maximum atomic E-state index is 12.3. The van der Waals surface area contributed by atoms with Gasteiger partial charge in [0.1, 0.15) is 0 Å². The van der Waals surface area contributed by atoms with E-state index in [1.54, 1.807) is 13.8 Å². The average Bonchev–Trinajstić information content (AvgIpc) is 2.24. The van der Waals surface area contributed by atoms with E-state index in [1.807, 2.05) is 0 Å². The minimum absolute atomic E-state index is 0. The number of aryl methyl sites for hydroxylation is 2. The van der Waals surface area contributed by atoms with E-state index in [0.29, 0.717) is 11.1 Å². The smallest absolute Gasteiger partial charge is 0.270 e. The molecule has 1 aromatic rings. The highest BCUT2D eigenvalue weighted by molar-refractivity contribution is 7.89. The number of rotatable bonds is 5. The maximum Gasteiger partial charge on any atom is 0.270 e. The fourth-order valence-corrected chi connectivity index (χ4v) is 3.48. The van der Waals surface area contributed by atoms with Crippen molar-refractivity contribution in [1.29, 1.82) is 0 Å². The number of nitrogens with one attached hydrogen (secondary N) is 1. The molecule has 0 radical (unpaired) electrons. The number of non-ortho nitro benzene ring substituents is 1. The zero-order valence-corrected chi connectivity index (χ0v) is 14.0. The highest BCUT2D eigenvalue weighted by Gasteiger charge is 2.24. The Kier molecular flexibility index (Phi) is 6.31. The first-order valence-electron chi connectivity index (χ1n) is 5.98. The Morgan fingerprint density at radius 2 is 1.71 bits per heavy atom. The van der Waals surface area contributed by atoms with E-state index in [2.05, 4.69) is 4.72 Å². The first-order chi connectivity index (χ1) is 8.94. The van der Waals surface area contributed by atoms with E-state index in [4.69, 9.17) is 5.73 Å². The standard InChI is InChI=1S/C12H19N3O4S.ClH/c1-8-5-10(15(16)17)6-9(2)11(8)20(18,19)14-7-12(3,4)13;/h5-6,14H,7,13H2,1-4H3;1H. The lowest BCUT2D eigenvalue weighted by molar-refractivity contribution is -0.385. The van der Waals surface area contributed by atoms with Gasteiger partial charge in [-0.05, 0) is 38.8 Å². The Morgan fingerprint density at radius 3 is 2.05 bits per heavy atom. The van der Waals surface area contributed by atoms with Crippen LogP contribution in [0.2, 0.25) is 0 Å². The number of sulfonamides is 1. The summed E-state index contributed by atoms with van der Waals surface area (Å²) >= 11 is 0. The number of halogens is 1. The maximum absolute atomic E-state index is 12.3. The van der Waals surface area contributed by atoms with E-state index in [1.165, 1.54) is 26.0 Å². The second-order valence-corrected chi connectivity index (χ2v) is 7.18. The van der Waals surface area contributed by atoms with Gasteiger partial charge in [-0.2, -0.15) is 0 Å². The summed E-state index contributed by atoms with van der Waals surface area (Å²) in [5, 5.41) is 10.7. The molecule has 0 spiro atoms. The highest BCUT2D eigenvalue weighted by Crippen LogP contribution is 2.25. The molecule has 0 bridgehead atoms. The van der Waals surface area contributed by atoms with Crippen LogP contribution in [-0.4, -0.2) is 25.4 Å². The number of nitrogens with two attached hydrogens (primary N) is 1. The Bertz CT molecular complexity index is 615. The second kappa shape index (κ2) is 6.69. The van der Waals surface area contributed by atoms with Crippen LogP contribution in [0.1, 0.15) is 25.0 Å². The Labute approximate surface area is 130 Å². The van der Waals surface area contributed by atoms with Gasteiger partial charge in [-0.25, -0.2) is 13.1 Å². The van der Waals surface area contributed by atoms with E-state index in [0.717, 1.165) is 0 Å². The summed E-state index contributed by atoms with van der Waals surface area (Å²) in [7, 11) is -3.75. The molecule has 1 aromatic carbocycles. The van der Waals surface area contributed by atoms with Crippen LogP contribution in [0, 0.1) is 24.0 Å². The molecular formula is C12H20ClN3O4S. The molecule has 0 aliphatic rings. The summed E-state index contributed by atoms with van der Waals surface area (Å²) in [4.78, 5) is 10.3. The predicted octanol–water partition coefficient (Wildman–Crippen LogP) is 1.65. The van der Waals surface area contributed by atoms with Gasteiger partial charge in [0, 0.05) is 24.2 Å². The number of hydrogen-bond acceptors (Lipinski definition) is 5. The average molecular weight is 338 g/mol. The largest absolute Gasteiger partial charge is 0.324 e. The minimum Gasteiger partial charge on any atom is -0.324 e. The lowest BCUT2D eigenvalue weighted by atomic mass is 10.1. The van der Waals surface area contributed by atoms with Gasteiger partial charge < -0.3 is 5.73 Å². The fraction of sp³-hybridized carbons (Fsp3) is 0.500. The Morgan fingerprint density at radius 1 is 1.29 bits per heavy atom. The zero-order chi connectivity index (χ0) is 15.7. The molecule has 0 aliphatic heterocycles. The molecule has 0 atom stereocenters. The molecule has 120 valence electrons. The molecular weight excluding hydrogens is 318 g/mol. The second-order valence-electron chi connectivity index (χ2n) is 5.48. The number of nitro groups is 1. The van der Waals surface area contributed by atoms with Crippen molar-refractivity contribution in [2.45, 2.75) is 38.1 Å². The van der Waals surface area contributed by atoms with Gasteiger partial charge in [-0.15, -0.1) is 12.4 Å². The van der Waals surface area contributed by atoms with Crippen LogP contribution in [0.5, 0.6) is 0 Å². The normalized spacial score (nSPS) is 11.9. The fourth-order valence-electron chi connectivity index (χ4n) is 1.81. The van der Waals surface area contributed by atoms with Crippen LogP contribution >= 0.6 is 12.4 Å². The van der Waals surface area contributed by atoms with Gasteiger partial charge in [-0.3, -0.25) is 10.1 Å². The molecule has 0 unspecified atom stereocenters. The molecule has 0 aromatic heterocycles. The van der Waals surface area contributed by atoms with E-state index in [9.17, 15) is 18.5 Å². The summed E-state index contributed by atoms with van der Waals surface area (Å²) < 4.78 is 27.0. The molecule has 0 saturated carbocycles. The molecule has 0 amide bonds. The van der Waals surface area contributed by atoms with Crippen LogP contribution < -0.4 is 10.5 Å². The Hall–Kier alpha value is -1.22. The van der Waals surface area contributed by atoms with Gasteiger partial charge in [-0.1, -0.05) is 0 Å². The van der Waals surface area contributed by atoms with Crippen molar-refractivity contribution >= 4 is 28.1 Å². The molecule has 7 nitrogen and oxygen atoms in total. The van der Waals surface area contributed by atoms with E-state index >= 15 is 0 Å². The van der Waals surface area contributed by atoms with Crippen molar-refractivity contribution in [3.63, 3.8) is 0 Å². The minimum atomic E-state index is -3.75. The van der Waals surface area contributed by atoms with E-state index in [-0.39, 0.29) is 29.5 Å². The quantitative estimate of drug-likeness (QED) is 0.626. The summed E-state index contributed by atoms with van der Waals surface area (Å²) in [5.41, 5.74) is 5.60. The van der Waals surface area contributed by atoms with Gasteiger partial charge >= 0.3 is 0 Å². The number of hydrogen-bond donors (Lipinski definition) is 2. The van der Waals surface area contributed by atoms with Gasteiger partial charge in [0.25, 0.3) is 5.69 Å². The first-order valence-corrected chi connectivity index (χ1v) is 7.46. The lowest BCUT2D eigenvalue weighted by Gasteiger charge is -2.20. The van der Waals surface area contributed by atoms with Crippen molar-refractivity contribution in [2.24, 2.45) is 5.73 Å². The Balaban J connectivity index is 0.00000400. The van der Waals surface area contributed by atoms with Crippen LogP contribution in [0.3, 0.4) is 0 Å². The molecule has 1 rings (SSSR count). The summed E-state index contributed by atoms with van der Waals surface area (Å²) in [6, 6.07) is 2.49. The SMILES string of the molecule is Cc1cc([N+](=O)[O-])cc(C)c1S(=O)(=O)NCC(C)(C)N.Cl. The summed E-state index contributed by atoms with van der Waals surface area (Å²) in [5.74, 6) is 0. The molecule has 3 N–H and O–H groups in total. The van der Waals surface area contributed by atoms with E-state index < -0.39 is 20.5 Å². The van der Waals surface area contributed by atoms with Crippen LogP contribution in [-0.2, 0) is 10.0 Å². The third-order valence-electron chi connectivity index (χ3n) is 2.64. The van der Waals surface area contributed by atoms with Crippen molar-refractivity contribution < 1.29 is 13.3 Å². The van der Waals surface area contributed by atoms with Gasteiger partial charge in [0.2, 0.25) is 10.0 Å². The third-order valence-corrected chi connectivity index (χ3v) is 4.35. The highest BCUT2D eigenvalue weighted by atomic mass is 35.5. The zero-order valence-electron chi connectivity index (χ0n) is 12.3. The summed E-state index contributed by atoms with van der Waals surface area (Å²) in [6.45, 7) is 6.53. The molecule has 0 saturated heterocycles. The number of nitro benzene ring substituents is 1. The lowest BCUT2D eigenvalue weighted by Crippen LogP contribution is -2.45. The van der Waals surface area contributed by atoms with Crippen LogP contribution in [0.15, 0.2) is 17.0 Å². The molecule has 0 aliphatic carbocycles. The first kappa shape index (κ1) is 19.8. The number of nitrogens with zero attached hydrogens (tertiary/aromatic N) is 1. The monoisotopic (exact) mass is 337 g/mol. The topological polar surface area (TPSA) is 115 Å². The van der Waals surface area contributed by atoms with Crippen molar-refractivity contribution in [2.75, 3.05) is 6.54 Å². The van der Waals surface area contributed by atoms with Crippen LogP contribution in [0.25, 0.3) is 0 Å². The molecule has 9 heteroatoms.